The number of halogens is 1. The molecule has 2 aromatic rings. The molecule has 0 aromatic heterocycles. The van der Waals surface area contributed by atoms with Gasteiger partial charge in [0.1, 0.15) is 5.82 Å². The number of rotatable bonds is 7. The van der Waals surface area contributed by atoms with E-state index in [-0.39, 0.29) is 36.5 Å². The predicted octanol–water partition coefficient (Wildman–Crippen LogP) is 2.88. The minimum Gasteiger partial charge on any atom is -0.462 e. The van der Waals surface area contributed by atoms with Gasteiger partial charge in [0.15, 0.2) is 0 Å². The second-order valence-electron chi connectivity index (χ2n) is 5.34. The van der Waals surface area contributed by atoms with Gasteiger partial charge in [0, 0.05) is 24.2 Å². The van der Waals surface area contributed by atoms with Crippen molar-refractivity contribution in [3.8, 4) is 0 Å². The molecular formula is C18H17FN2O5. The maximum atomic E-state index is 13.6. The molecular weight excluding hydrogens is 343 g/mol. The smallest absolute Gasteiger partial charge is 0.338 e. The van der Waals surface area contributed by atoms with Crippen LogP contribution in [0.15, 0.2) is 42.5 Å². The summed E-state index contributed by atoms with van der Waals surface area (Å²) in [6, 6.07) is 9.53. The van der Waals surface area contributed by atoms with Crippen LogP contribution in [0, 0.1) is 15.9 Å². The van der Waals surface area contributed by atoms with E-state index in [0.717, 1.165) is 12.1 Å². The highest BCUT2D eigenvalue weighted by atomic mass is 19.1. The maximum Gasteiger partial charge on any atom is 0.338 e. The number of carbonyl (C=O) groups is 2. The van der Waals surface area contributed by atoms with Crippen LogP contribution in [0.4, 0.5) is 10.1 Å². The molecule has 1 amide bonds. The average Bonchev–Trinajstić information content (AvgIpc) is 2.63. The first kappa shape index (κ1) is 19.0. The van der Waals surface area contributed by atoms with Crippen molar-refractivity contribution in [2.75, 3.05) is 13.2 Å². The molecule has 0 fully saturated rings. The van der Waals surface area contributed by atoms with Gasteiger partial charge in [0.25, 0.3) is 11.6 Å². The lowest BCUT2D eigenvalue weighted by Crippen LogP contribution is -2.26. The Labute approximate surface area is 148 Å². The molecule has 0 aliphatic rings. The quantitative estimate of drug-likeness (QED) is 0.465. The molecule has 1 N–H and O–H groups in total. The van der Waals surface area contributed by atoms with E-state index in [1.165, 1.54) is 12.1 Å². The molecule has 0 saturated heterocycles. The minimum atomic E-state index is -0.753. The number of esters is 1. The zero-order valence-electron chi connectivity index (χ0n) is 14.0. The van der Waals surface area contributed by atoms with E-state index in [2.05, 4.69) is 5.32 Å². The third kappa shape index (κ3) is 4.85. The van der Waals surface area contributed by atoms with Gasteiger partial charge in [0.2, 0.25) is 0 Å². The molecule has 0 spiro atoms. The van der Waals surface area contributed by atoms with Crippen LogP contribution in [0.3, 0.4) is 0 Å². The van der Waals surface area contributed by atoms with Crippen molar-refractivity contribution in [1.82, 2.24) is 5.32 Å². The topological polar surface area (TPSA) is 98.5 Å². The summed E-state index contributed by atoms with van der Waals surface area (Å²) < 4.78 is 18.4. The second-order valence-corrected chi connectivity index (χ2v) is 5.34. The van der Waals surface area contributed by atoms with Crippen LogP contribution < -0.4 is 5.32 Å². The fourth-order valence-electron chi connectivity index (χ4n) is 2.29. The highest BCUT2D eigenvalue weighted by Gasteiger charge is 2.18. The van der Waals surface area contributed by atoms with Crippen LogP contribution in [0.25, 0.3) is 0 Å². The number of ether oxygens (including phenoxy) is 1. The number of hydrogen-bond acceptors (Lipinski definition) is 5. The van der Waals surface area contributed by atoms with Crippen LogP contribution in [0.5, 0.6) is 0 Å². The maximum absolute atomic E-state index is 13.6. The molecule has 0 aliphatic heterocycles. The van der Waals surface area contributed by atoms with Gasteiger partial charge in [-0.25, -0.2) is 9.18 Å². The normalized spacial score (nSPS) is 10.2. The zero-order valence-corrected chi connectivity index (χ0v) is 14.0. The number of nitrogens with one attached hydrogen (secondary N) is 1. The number of carbonyl (C=O) groups excluding carboxylic acids is 2. The summed E-state index contributed by atoms with van der Waals surface area (Å²) in [7, 11) is 0. The Hall–Kier alpha value is -3.29. The standard InChI is InChI=1S/C18H17FN2O5/c1-2-26-18(23)14-9-13(10-15(11-14)21(24)25)17(22)20-8-7-12-5-3-4-6-16(12)19/h3-6,9-11H,2,7-8H2,1H3,(H,20,22). The molecule has 0 bridgehead atoms. The van der Waals surface area contributed by atoms with Crippen molar-refractivity contribution in [2.45, 2.75) is 13.3 Å². The van der Waals surface area contributed by atoms with Crippen molar-refractivity contribution < 1.29 is 23.6 Å². The van der Waals surface area contributed by atoms with Gasteiger partial charge in [-0.1, -0.05) is 18.2 Å². The first-order valence-corrected chi connectivity index (χ1v) is 7.90. The zero-order chi connectivity index (χ0) is 19.1. The second kappa shape index (κ2) is 8.70. The van der Waals surface area contributed by atoms with Crippen molar-refractivity contribution >= 4 is 17.6 Å². The Morgan fingerprint density at radius 2 is 1.88 bits per heavy atom. The van der Waals surface area contributed by atoms with E-state index in [1.807, 2.05) is 0 Å². The van der Waals surface area contributed by atoms with Gasteiger partial charge in [-0.2, -0.15) is 0 Å². The summed E-state index contributed by atoms with van der Waals surface area (Å²) in [5.41, 5.74) is -0.0787. The Bertz CT molecular complexity index is 838. The van der Waals surface area contributed by atoms with Crippen LogP contribution >= 0.6 is 0 Å². The fourth-order valence-corrected chi connectivity index (χ4v) is 2.29. The van der Waals surface area contributed by atoms with Crippen LogP contribution in [0.2, 0.25) is 0 Å². The van der Waals surface area contributed by atoms with Crippen molar-refractivity contribution in [3.05, 3.63) is 75.1 Å². The molecule has 2 rings (SSSR count). The van der Waals surface area contributed by atoms with Gasteiger partial charge in [-0.15, -0.1) is 0 Å². The van der Waals surface area contributed by atoms with Gasteiger partial charge < -0.3 is 10.1 Å². The van der Waals surface area contributed by atoms with Gasteiger partial charge >= 0.3 is 5.97 Å². The molecule has 0 atom stereocenters. The first-order valence-electron chi connectivity index (χ1n) is 7.90. The number of nitro benzene ring substituents is 1. The van der Waals surface area contributed by atoms with Crippen molar-refractivity contribution in [1.29, 1.82) is 0 Å². The minimum absolute atomic E-state index is 0.0456. The molecule has 136 valence electrons. The van der Waals surface area contributed by atoms with E-state index in [1.54, 1.807) is 25.1 Å². The molecule has 7 nitrogen and oxygen atoms in total. The summed E-state index contributed by atoms with van der Waals surface area (Å²) in [6.45, 7) is 1.84. The SMILES string of the molecule is CCOC(=O)c1cc(C(=O)NCCc2ccccc2F)cc([N+](=O)[O-])c1. The largest absolute Gasteiger partial charge is 0.462 e. The average molecular weight is 360 g/mol. The third-order valence-electron chi connectivity index (χ3n) is 3.54. The van der Waals surface area contributed by atoms with Crippen LogP contribution in [-0.4, -0.2) is 30.0 Å². The molecule has 0 unspecified atom stereocenters. The molecule has 0 saturated carbocycles. The number of non-ortho nitro benzene ring substituents is 1. The highest BCUT2D eigenvalue weighted by molar-refractivity contribution is 5.99. The summed E-state index contributed by atoms with van der Waals surface area (Å²) in [5.74, 6) is -1.73. The summed E-state index contributed by atoms with van der Waals surface area (Å²) in [4.78, 5) is 34.4. The molecule has 0 heterocycles. The Balaban J connectivity index is 2.13. The Morgan fingerprint density at radius 3 is 2.54 bits per heavy atom. The molecule has 0 aliphatic carbocycles. The van der Waals surface area contributed by atoms with Crippen LogP contribution in [0.1, 0.15) is 33.2 Å². The number of nitrogens with zero attached hydrogens (tertiary/aromatic N) is 1. The number of benzene rings is 2. The lowest BCUT2D eigenvalue weighted by Gasteiger charge is -2.08. The first-order chi connectivity index (χ1) is 12.4. The summed E-state index contributed by atoms with van der Waals surface area (Å²) in [5, 5.41) is 13.6. The molecule has 8 heteroatoms. The van der Waals surface area contributed by atoms with E-state index in [4.69, 9.17) is 4.74 Å². The molecule has 26 heavy (non-hydrogen) atoms. The summed E-state index contributed by atoms with van der Waals surface area (Å²) >= 11 is 0. The highest BCUT2D eigenvalue weighted by Crippen LogP contribution is 2.18. The van der Waals surface area contributed by atoms with E-state index in [9.17, 15) is 24.1 Å². The van der Waals surface area contributed by atoms with Gasteiger partial charge in [-0.05, 0) is 31.0 Å². The summed E-state index contributed by atoms with van der Waals surface area (Å²) in [6.07, 6.45) is 0.262. The van der Waals surface area contributed by atoms with E-state index in [0.29, 0.717) is 5.56 Å². The number of hydrogen-bond donors (Lipinski definition) is 1. The van der Waals surface area contributed by atoms with Gasteiger partial charge in [0.05, 0.1) is 17.1 Å². The number of nitro groups is 1. The Kier molecular flexibility index (Phi) is 6.37. The fraction of sp³-hybridized carbons (Fsp3) is 0.222. The number of amides is 1. The van der Waals surface area contributed by atoms with Crippen LogP contribution in [-0.2, 0) is 11.2 Å². The molecule has 2 aromatic carbocycles. The monoisotopic (exact) mass is 360 g/mol. The van der Waals surface area contributed by atoms with Gasteiger partial charge in [-0.3, -0.25) is 14.9 Å². The van der Waals surface area contributed by atoms with Crippen molar-refractivity contribution in [2.24, 2.45) is 0 Å². The lowest BCUT2D eigenvalue weighted by molar-refractivity contribution is -0.384. The molecule has 0 radical (unpaired) electrons. The Morgan fingerprint density at radius 1 is 1.19 bits per heavy atom. The predicted molar refractivity (Wildman–Crippen MR) is 91.5 cm³/mol. The third-order valence-corrected chi connectivity index (χ3v) is 3.54. The lowest BCUT2D eigenvalue weighted by atomic mass is 10.1. The van der Waals surface area contributed by atoms with E-state index < -0.39 is 22.5 Å². The van der Waals surface area contributed by atoms with Crippen molar-refractivity contribution in [3.63, 3.8) is 0 Å². The van der Waals surface area contributed by atoms with E-state index >= 15 is 0 Å².